The Balaban J connectivity index is 0.000000395. The molecule has 3 aromatic carbocycles. The van der Waals surface area contributed by atoms with Gasteiger partial charge in [-0.05, 0) is 40.9 Å². The maximum Gasteiger partial charge on any atom is 0.707 e. The molecule has 232 valence electrons. The van der Waals surface area contributed by atoms with E-state index in [1.165, 1.54) is 11.4 Å². The highest BCUT2D eigenvalue weighted by Gasteiger charge is 2.50. The number of nitrogens with zero attached hydrogens (tertiary/aromatic N) is 2. The summed E-state index contributed by atoms with van der Waals surface area (Å²) >= 11 is 0. The van der Waals surface area contributed by atoms with E-state index in [0.29, 0.717) is 0 Å². The van der Waals surface area contributed by atoms with Gasteiger partial charge in [0.25, 0.3) is 0 Å². The molecule has 42 heavy (non-hydrogen) atoms. The maximum atomic E-state index is 14.7. The Hall–Kier alpha value is -3.02. The standard InChI is InChI=1S/C15H23BF4O3Si.2C8H11N/c1-7(2)24(8(3)4,9(5)6)15-12(19)10(17)14(23-16(21)22)11(18)13(15)20;2*1-9(2)8-6-4-3-5-7-8/h7-9,21-22H,1-6H3;2*3-7H,1-2H3. The van der Waals surface area contributed by atoms with Gasteiger partial charge in [0.15, 0.2) is 17.4 Å². The Bertz CT molecular complexity index is 1140. The largest absolute Gasteiger partial charge is 0.707 e. The van der Waals surface area contributed by atoms with Crippen molar-refractivity contribution in [3.8, 4) is 5.75 Å². The van der Waals surface area contributed by atoms with Gasteiger partial charge < -0.3 is 24.5 Å². The molecule has 0 saturated heterocycles. The van der Waals surface area contributed by atoms with Gasteiger partial charge in [-0.25, -0.2) is 8.78 Å². The number of hydrogen-bond acceptors (Lipinski definition) is 5. The molecule has 0 saturated carbocycles. The zero-order valence-electron chi connectivity index (χ0n) is 26.3. The van der Waals surface area contributed by atoms with Crippen molar-refractivity contribution >= 4 is 32.0 Å². The molecule has 0 radical (unpaired) electrons. The number of anilines is 2. The normalized spacial score (nSPS) is 11.0. The lowest BCUT2D eigenvalue weighted by molar-refractivity contribution is 0.269. The van der Waals surface area contributed by atoms with Crippen molar-refractivity contribution in [2.45, 2.75) is 58.2 Å². The lowest BCUT2D eigenvalue weighted by Crippen LogP contribution is -2.58. The summed E-state index contributed by atoms with van der Waals surface area (Å²) in [7, 11) is 2.52. The second-order valence-corrected chi connectivity index (χ2v) is 17.1. The van der Waals surface area contributed by atoms with E-state index in [0.717, 1.165) is 0 Å². The van der Waals surface area contributed by atoms with E-state index in [4.69, 9.17) is 10.0 Å². The second-order valence-electron chi connectivity index (χ2n) is 11.3. The molecule has 0 heterocycles. The fourth-order valence-electron chi connectivity index (χ4n) is 5.52. The molecule has 3 aromatic rings. The molecule has 0 amide bonds. The molecule has 0 bridgehead atoms. The topological polar surface area (TPSA) is 56.2 Å². The number of hydrogen-bond donors (Lipinski definition) is 2. The van der Waals surface area contributed by atoms with Crippen LogP contribution in [0.5, 0.6) is 5.75 Å². The third-order valence-electron chi connectivity index (χ3n) is 7.29. The number of rotatable bonds is 8. The van der Waals surface area contributed by atoms with E-state index in [-0.39, 0.29) is 16.6 Å². The molecular weight excluding hydrogens is 563 g/mol. The summed E-state index contributed by atoms with van der Waals surface area (Å²) in [4.78, 5) is 4.17. The Kier molecular flexibility index (Phi) is 14.6. The first-order valence-corrected chi connectivity index (χ1v) is 16.1. The van der Waals surface area contributed by atoms with Gasteiger partial charge in [0.05, 0.1) is 0 Å². The lowest BCUT2D eigenvalue weighted by atomic mass is 10.2. The predicted octanol–water partition coefficient (Wildman–Crippen LogP) is 6.98. The van der Waals surface area contributed by atoms with Crippen LogP contribution in [0.3, 0.4) is 0 Å². The van der Waals surface area contributed by atoms with Crippen LogP contribution in [0.15, 0.2) is 60.7 Å². The van der Waals surface area contributed by atoms with Gasteiger partial charge in [-0.2, -0.15) is 8.78 Å². The number of benzene rings is 3. The fraction of sp³-hybridized carbons (Fsp3) is 0.419. The zero-order chi connectivity index (χ0) is 32.4. The Labute approximate surface area is 249 Å². The molecule has 0 aliphatic rings. The van der Waals surface area contributed by atoms with Crippen molar-refractivity contribution in [2.24, 2.45) is 0 Å². The van der Waals surface area contributed by atoms with Crippen LogP contribution in [0.4, 0.5) is 28.9 Å². The Morgan fingerprint density at radius 2 is 0.905 bits per heavy atom. The van der Waals surface area contributed by atoms with E-state index in [1.54, 1.807) is 41.5 Å². The molecule has 0 fully saturated rings. The summed E-state index contributed by atoms with van der Waals surface area (Å²) in [6, 6.07) is 20.5. The summed E-state index contributed by atoms with van der Waals surface area (Å²) < 4.78 is 62.1. The van der Waals surface area contributed by atoms with E-state index in [1.807, 2.05) is 64.6 Å². The highest BCUT2D eigenvalue weighted by molar-refractivity contribution is 6.95. The van der Waals surface area contributed by atoms with E-state index in [2.05, 4.69) is 38.7 Å². The molecule has 0 aliphatic heterocycles. The molecular formula is C31H45BF4N2O3Si. The van der Waals surface area contributed by atoms with Gasteiger partial charge in [-0.15, -0.1) is 0 Å². The third kappa shape index (κ3) is 8.99. The highest BCUT2D eigenvalue weighted by Crippen LogP contribution is 2.43. The Morgan fingerprint density at radius 3 is 1.12 bits per heavy atom. The van der Waals surface area contributed by atoms with Crippen molar-refractivity contribution < 1.29 is 32.3 Å². The third-order valence-corrected chi connectivity index (χ3v) is 14.3. The maximum absolute atomic E-state index is 14.7. The summed E-state index contributed by atoms with van der Waals surface area (Å²) in [5.74, 6) is -8.02. The summed E-state index contributed by atoms with van der Waals surface area (Å²) in [6.07, 6.45) is 0. The average Bonchev–Trinajstić information content (AvgIpc) is 2.93. The molecule has 0 aliphatic carbocycles. The minimum Gasteiger partial charge on any atom is -0.507 e. The SMILES string of the molecule is CC(C)[Si](c1c(F)c(F)c(OB(O)O)c(F)c1F)(C(C)C)C(C)C.CN(C)c1ccccc1.CN(C)c1ccccc1. The summed E-state index contributed by atoms with van der Waals surface area (Å²) in [5.41, 5.74) is 1.94. The quantitative estimate of drug-likeness (QED) is 0.164. The van der Waals surface area contributed by atoms with Crippen LogP contribution in [-0.4, -0.2) is 53.6 Å². The zero-order valence-corrected chi connectivity index (χ0v) is 27.3. The Morgan fingerprint density at radius 1 is 0.595 bits per heavy atom. The van der Waals surface area contributed by atoms with E-state index in [9.17, 15) is 17.6 Å². The first-order valence-electron chi connectivity index (χ1n) is 13.8. The molecule has 0 aromatic heterocycles. The fourth-order valence-corrected chi connectivity index (χ4v) is 12.2. The van der Waals surface area contributed by atoms with Crippen LogP contribution in [0.1, 0.15) is 41.5 Å². The van der Waals surface area contributed by atoms with Gasteiger partial charge in [0.2, 0.25) is 11.6 Å². The van der Waals surface area contributed by atoms with Gasteiger partial charge in [0, 0.05) is 44.8 Å². The monoisotopic (exact) mass is 608 g/mol. The molecule has 0 spiro atoms. The van der Waals surface area contributed by atoms with Gasteiger partial charge in [0.1, 0.15) is 8.07 Å². The molecule has 3 rings (SSSR count). The van der Waals surface area contributed by atoms with E-state index < -0.39 is 49.6 Å². The summed E-state index contributed by atoms with van der Waals surface area (Å²) in [5, 5.41) is 16.8. The van der Waals surface area contributed by atoms with Crippen molar-refractivity contribution in [1.82, 2.24) is 0 Å². The van der Waals surface area contributed by atoms with Crippen LogP contribution in [-0.2, 0) is 0 Å². The molecule has 5 nitrogen and oxygen atoms in total. The molecule has 11 heteroatoms. The van der Waals surface area contributed by atoms with Crippen molar-refractivity contribution in [1.29, 1.82) is 0 Å². The molecule has 0 unspecified atom stereocenters. The second kappa shape index (κ2) is 16.6. The van der Waals surface area contributed by atoms with Crippen LogP contribution in [0, 0.1) is 23.3 Å². The van der Waals surface area contributed by atoms with Crippen LogP contribution < -0.4 is 19.6 Å². The van der Waals surface area contributed by atoms with Gasteiger partial charge >= 0.3 is 7.32 Å². The highest BCUT2D eigenvalue weighted by atomic mass is 28.3. The predicted molar refractivity (Wildman–Crippen MR) is 169 cm³/mol. The van der Waals surface area contributed by atoms with Gasteiger partial charge in [-0.3, -0.25) is 0 Å². The van der Waals surface area contributed by atoms with Crippen LogP contribution in [0.25, 0.3) is 0 Å². The van der Waals surface area contributed by atoms with Crippen LogP contribution in [0.2, 0.25) is 16.6 Å². The first kappa shape index (κ1) is 37.0. The number of para-hydroxylation sites is 2. The first-order chi connectivity index (χ1) is 19.5. The van der Waals surface area contributed by atoms with Crippen molar-refractivity contribution in [3.05, 3.63) is 83.9 Å². The lowest BCUT2D eigenvalue weighted by Gasteiger charge is -2.43. The smallest absolute Gasteiger partial charge is 0.507 e. The van der Waals surface area contributed by atoms with Gasteiger partial charge in [-0.1, -0.05) is 77.9 Å². The number of halogens is 4. The van der Waals surface area contributed by atoms with Crippen molar-refractivity contribution in [2.75, 3.05) is 38.0 Å². The van der Waals surface area contributed by atoms with Crippen LogP contribution >= 0.6 is 0 Å². The molecule has 2 N–H and O–H groups in total. The molecule has 0 atom stereocenters. The minimum atomic E-state index is -3.03. The van der Waals surface area contributed by atoms with E-state index >= 15 is 0 Å². The summed E-state index contributed by atoms with van der Waals surface area (Å²) in [6.45, 7) is 10.8. The average molecular weight is 609 g/mol. The van der Waals surface area contributed by atoms with Crippen molar-refractivity contribution in [3.63, 3.8) is 0 Å². The minimum absolute atomic E-state index is 0.185.